The van der Waals surface area contributed by atoms with Crippen LogP contribution in [0.3, 0.4) is 0 Å². The quantitative estimate of drug-likeness (QED) is 0.875. The second-order valence-electron chi connectivity index (χ2n) is 5.05. The first-order valence-electron chi connectivity index (χ1n) is 5.70. The van der Waals surface area contributed by atoms with Gasteiger partial charge in [0.2, 0.25) is 10.0 Å². The molecule has 1 amide bonds. The van der Waals surface area contributed by atoms with Crippen molar-refractivity contribution < 1.29 is 13.2 Å². The highest BCUT2D eigenvalue weighted by atomic mass is 32.2. The van der Waals surface area contributed by atoms with Crippen LogP contribution in [0, 0.1) is 5.41 Å². The highest BCUT2D eigenvalue weighted by molar-refractivity contribution is 7.91. The molecule has 1 heterocycles. The van der Waals surface area contributed by atoms with Crippen molar-refractivity contribution in [2.45, 2.75) is 30.4 Å². The first-order valence-corrected chi connectivity index (χ1v) is 8.12. The predicted molar refractivity (Wildman–Crippen MR) is 70.0 cm³/mol. The van der Waals surface area contributed by atoms with Crippen molar-refractivity contribution in [3.05, 3.63) is 17.0 Å². The van der Waals surface area contributed by atoms with E-state index in [9.17, 15) is 13.2 Å². The van der Waals surface area contributed by atoms with Gasteiger partial charge in [-0.05, 0) is 24.3 Å². The van der Waals surface area contributed by atoms with Gasteiger partial charge >= 0.3 is 0 Å². The largest absolute Gasteiger partial charge is 0.351 e. The van der Waals surface area contributed by atoms with Crippen molar-refractivity contribution in [1.29, 1.82) is 0 Å². The fraction of sp³-hybridized carbons (Fsp3) is 0.545. The summed E-state index contributed by atoms with van der Waals surface area (Å²) in [6, 6.07) is 1.32. The lowest BCUT2D eigenvalue weighted by Gasteiger charge is -2.38. The molecule has 0 spiro atoms. The Bertz CT molecular complexity index is 559. The molecule has 0 saturated heterocycles. The highest BCUT2D eigenvalue weighted by Gasteiger charge is 2.32. The second-order valence-corrected chi connectivity index (χ2v) is 7.75. The van der Waals surface area contributed by atoms with Crippen molar-refractivity contribution in [3.8, 4) is 0 Å². The van der Waals surface area contributed by atoms with Gasteiger partial charge in [-0.15, -0.1) is 11.3 Å². The Kier molecular flexibility index (Phi) is 3.48. The van der Waals surface area contributed by atoms with Gasteiger partial charge in [0, 0.05) is 11.9 Å². The van der Waals surface area contributed by atoms with Gasteiger partial charge in [-0.3, -0.25) is 4.79 Å². The topological polar surface area (TPSA) is 89.3 Å². The summed E-state index contributed by atoms with van der Waals surface area (Å²) in [5.74, 6) is -0.241. The van der Waals surface area contributed by atoms with E-state index in [-0.39, 0.29) is 15.5 Å². The van der Waals surface area contributed by atoms with Gasteiger partial charge in [0.1, 0.15) is 4.21 Å². The van der Waals surface area contributed by atoms with Crippen LogP contribution in [0.25, 0.3) is 0 Å². The number of carbonyl (C=O) groups excluding carboxylic acids is 1. The molecule has 7 heteroatoms. The van der Waals surface area contributed by atoms with Gasteiger partial charge < -0.3 is 5.32 Å². The number of amides is 1. The van der Waals surface area contributed by atoms with E-state index in [2.05, 4.69) is 12.2 Å². The zero-order chi connectivity index (χ0) is 13.4. The van der Waals surface area contributed by atoms with Crippen LogP contribution in [0.15, 0.2) is 15.7 Å². The highest BCUT2D eigenvalue weighted by Crippen LogP contribution is 2.39. The minimum atomic E-state index is -3.71. The summed E-state index contributed by atoms with van der Waals surface area (Å²) in [5, 5.41) is 9.35. The van der Waals surface area contributed by atoms with Crippen LogP contribution in [-0.2, 0) is 10.0 Å². The Labute approximate surface area is 110 Å². The van der Waals surface area contributed by atoms with Crippen LogP contribution in [0.4, 0.5) is 0 Å². The molecular weight excluding hydrogens is 272 g/mol. The smallest absolute Gasteiger partial charge is 0.252 e. The lowest BCUT2D eigenvalue weighted by atomic mass is 9.70. The molecule has 2 rings (SSSR count). The molecule has 18 heavy (non-hydrogen) atoms. The maximum Gasteiger partial charge on any atom is 0.252 e. The molecule has 0 radical (unpaired) electrons. The lowest BCUT2D eigenvalue weighted by Crippen LogP contribution is -2.39. The minimum Gasteiger partial charge on any atom is -0.351 e. The molecule has 100 valence electrons. The van der Waals surface area contributed by atoms with E-state index in [0.717, 1.165) is 24.2 Å². The summed E-state index contributed by atoms with van der Waals surface area (Å²) in [4.78, 5) is 11.8. The van der Waals surface area contributed by atoms with E-state index in [1.807, 2.05) is 0 Å². The Morgan fingerprint density at radius 3 is 2.67 bits per heavy atom. The number of nitrogens with one attached hydrogen (secondary N) is 1. The SMILES string of the molecule is CC1(CNC(=O)c2csc(S(N)(=O)=O)c2)CCC1. The van der Waals surface area contributed by atoms with Crippen LogP contribution in [0.2, 0.25) is 0 Å². The number of hydrogen-bond acceptors (Lipinski definition) is 4. The molecule has 1 aliphatic rings. The van der Waals surface area contributed by atoms with Crippen molar-refractivity contribution in [3.63, 3.8) is 0 Å². The molecular formula is C11H16N2O3S2. The van der Waals surface area contributed by atoms with Crippen molar-refractivity contribution in [1.82, 2.24) is 5.32 Å². The molecule has 0 aliphatic heterocycles. The molecule has 5 nitrogen and oxygen atoms in total. The average Bonchev–Trinajstić information content (AvgIpc) is 2.72. The third kappa shape index (κ3) is 2.90. The normalized spacial score (nSPS) is 18.1. The van der Waals surface area contributed by atoms with Crippen LogP contribution in [0.1, 0.15) is 36.5 Å². The number of sulfonamides is 1. The maximum absolute atomic E-state index is 11.8. The van der Waals surface area contributed by atoms with Crippen molar-refractivity contribution >= 4 is 27.3 Å². The number of rotatable bonds is 4. The van der Waals surface area contributed by atoms with Crippen LogP contribution < -0.4 is 10.5 Å². The monoisotopic (exact) mass is 288 g/mol. The molecule has 3 N–H and O–H groups in total. The van der Waals surface area contributed by atoms with Gasteiger partial charge in [-0.25, -0.2) is 13.6 Å². The molecule has 0 atom stereocenters. The molecule has 1 aromatic heterocycles. The fourth-order valence-electron chi connectivity index (χ4n) is 1.94. The molecule has 1 saturated carbocycles. The lowest BCUT2D eigenvalue weighted by molar-refractivity contribution is 0.0891. The summed E-state index contributed by atoms with van der Waals surface area (Å²) in [6.45, 7) is 2.77. The van der Waals surface area contributed by atoms with E-state index < -0.39 is 10.0 Å². The van der Waals surface area contributed by atoms with E-state index in [1.165, 1.54) is 17.9 Å². The minimum absolute atomic E-state index is 0.0162. The van der Waals surface area contributed by atoms with Gasteiger partial charge in [0.05, 0.1) is 5.56 Å². The number of thiophene rings is 1. The van der Waals surface area contributed by atoms with Crippen LogP contribution in [0.5, 0.6) is 0 Å². The molecule has 0 aromatic carbocycles. The van der Waals surface area contributed by atoms with E-state index in [0.29, 0.717) is 12.1 Å². The zero-order valence-electron chi connectivity index (χ0n) is 10.1. The Morgan fingerprint density at radius 2 is 2.22 bits per heavy atom. The summed E-state index contributed by atoms with van der Waals surface area (Å²) >= 11 is 0.964. The average molecular weight is 288 g/mol. The number of carbonyl (C=O) groups is 1. The third-order valence-corrected chi connectivity index (χ3v) is 5.74. The summed E-state index contributed by atoms with van der Waals surface area (Å²) in [6.07, 6.45) is 3.46. The van der Waals surface area contributed by atoms with E-state index in [1.54, 1.807) is 0 Å². The molecule has 0 bridgehead atoms. The predicted octanol–water partition coefficient (Wildman–Crippen LogP) is 1.32. The van der Waals surface area contributed by atoms with E-state index >= 15 is 0 Å². The molecule has 1 aromatic rings. The standard InChI is InChI=1S/C11H16N2O3S2/c1-11(3-2-4-11)7-13-10(14)8-5-9(17-6-8)18(12,15)16/h5-6H,2-4,7H2,1H3,(H,13,14)(H2,12,15,16). The van der Waals surface area contributed by atoms with Gasteiger partial charge in [-0.2, -0.15) is 0 Å². The van der Waals surface area contributed by atoms with E-state index in [4.69, 9.17) is 5.14 Å². The first kappa shape index (κ1) is 13.5. The molecule has 1 aliphatic carbocycles. The van der Waals surface area contributed by atoms with Crippen molar-refractivity contribution in [2.24, 2.45) is 10.6 Å². The number of primary sulfonamides is 1. The third-order valence-electron chi connectivity index (χ3n) is 3.35. The van der Waals surface area contributed by atoms with Gasteiger partial charge in [0.25, 0.3) is 5.91 Å². The Morgan fingerprint density at radius 1 is 1.56 bits per heavy atom. The van der Waals surface area contributed by atoms with Gasteiger partial charge in [0.15, 0.2) is 0 Å². The van der Waals surface area contributed by atoms with Crippen LogP contribution in [-0.4, -0.2) is 20.9 Å². The summed E-state index contributed by atoms with van der Waals surface area (Å²) in [5.41, 5.74) is 0.556. The Balaban J connectivity index is 1.99. The molecule has 1 fully saturated rings. The van der Waals surface area contributed by atoms with Crippen LogP contribution >= 0.6 is 11.3 Å². The zero-order valence-corrected chi connectivity index (χ0v) is 11.7. The molecule has 0 unspecified atom stereocenters. The summed E-state index contributed by atoms with van der Waals surface area (Å²) < 4.78 is 22.2. The Hall–Kier alpha value is -0.920. The number of hydrogen-bond donors (Lipinski definition) is 2. The summed E-state index contributed by atoms with van der Waals surface area (Å²) in [7, 11) is -3.71. The fourth-order valence-corrected chi connectivity index (χ4v) is 3.52. The maximum atomic E-state index is 11.8. The van der Waals surface area contributed by atoms with Gasteiger partial charge in [-0.1, -0.05) is 13.3 Å². The first-order chi connectivity index (χ1) is 8.30. The number of nitrogens with two attached hydrogens (primary N) is 1. The second kappa shape index (κ2) is 4.64. The van der Waals surface area contributed by atoms with Crippen molar-refractivity contribution in [2.75, 3.05) is 6.54 Å².